The largest absolute Gasteiger partial charge is 0.326 e. The summed E-state index contributed by atoms with van der Waals surface area (Å²) in [6, 6.07) is 7.64. The maximum Gasteiger partial charge on any atom is 0.238 e. The molecule has 1 aromatic carbocycles. The Morgan fingerprint density at radius 2 is 2.21 bits per heavy atom. The molecule has 3 N–H and O–H groups in total. The minimum absolute atomic E-state index is 0.0139. The molecule has 0 aromatic heterocycles. The molecule has 0 aliphatic heterocycles. The van der Waals surface area contributed by atoms with Crippen molar-refractivity contribution in [1.29, 1.82) is 0 Å². The molecule has 4 nitrogen and oxygen atoms in total. The zero-order valence-electron chi connectivity index (χ0n) is 12.1. The standard InChI is InChI=1S/C15H25N3O/c1-4-12(2)10-18(3)11-15(19)17-14-7-5-6-13(8-14)9-16/h5-8,12H,4,9-11,16H2,1-3H3,(H,17,19). The fraction of sp³-hybridized carbons (Fsp3) is 0.533. The summed E-state index contributed by atoms with van der Waals surface area (Å²) < 4.78 is 0. The number of amides is 1. The number of hydrogen-bond acceptors (Lipinski definition) is 3. The molecule has 1 amide bonds. The third kappa shape index (κ3) is 5.85. The molecule has 19 heavy (non-hydrogen) atoms. The Hall–Kier alpha value is -1.39. The van der Waals surface area contributed by atoms with Crippen LogP contribution in [0.3, 0.4) is 0 Å². The Kier molecular flexibility index (Phi) is 6.53. The average Bonchev–Trinajstić information content (AvgIpc) is 2.38. The van der Waals surface area contributed by atoms with Gasteiger partial charge in [-0.3, -0.25) is 9.69 Å². The molecule has 0 aliphatic rings. The van der Waals surface area contributed by atoms with Crippen LogP contribution in [0.2, 0.25) is 0 Å². The van der Waals surface area contributed by atoms with Gasteiger partial charge in [-0.1, -0.05) is 32.4 Å². The van der Waals surface area contributed by atoms with Gasteiger partial charge in [0.15, 0.2) is 0 Å². The smallest absolute Gasteiger partial charge is 0.238 e. The van der Waals surface area contributed by atoms with Crippen molar-refractivity contribution in [3.63, 3.8) is 0 Å². The Morgan fingerprint density at radius 1 is 1.47 bits per heavy atom. The molecular weight excluding hydrogens is 238 g/mol. The van der Waals surface area contributed by atoms with E-state index in [0.29, 0.717) is 19.0 Å². The molecule has 0 aliphatic carbocycles. The Labute approximate surface area is 116 Å². The van der Waals surface area contributed by atoms with Crippen molar-refractivity contribution < 1.29 is 4.79 Å². The highest BCUT2D eigenvalue weighted by molar-refractivity contribution is 5.92. The molecule has 0 fully saturated rings. The summed E-state index contributed by atoms with van der Waals surface area (Å²) in [4.78, 5) is 14.0. The molecule has 0 heterocycles. The number of nitrogens with two attached hydrogens (primary N) is 1. The van der Waals surface area contributed by atoms with Crippen LogP contribution in [0.25, 0.3) is 0 Å². The molecule has 0 radical (unpaired) electrons. The van der Waals surface area contributed by atoms with Crippen LogP contribution in [0, 0.1) is 5.92 Å². The van der Waals surface area contributed by atoms with Crippen molar-refractivity contribution in [3.05, 3.63) is 29.8 Å². The maximum absolute atomic E-state index is 11.9. The summed E-state index contributed by atoms with van der Waals surface area (Å²) in [6.07, 6.45) is 1.13. The molecule has 1 atom stereocenters. The number of rotatable bonds is 7. The van der Waals surface area contributed by atoms with Crippen molar-refractivity contribution in [2.45, 2.75) is 26.8 Å². The predicted octanol–water partition coefficient (Wildman–Crippen LogP) is 2.06. The normalized spacial score (nSPS) is 12.5. The first-order valence-electron chi connectivity index (χ1n) is 6.82. The van der Waals surface area contributed by atoms with E-state index in [2.05, 4.69) is 24.1 Å². The zero-order valence-corrected chi connectivity index (χ0v) is 12.1. The van der Waals surface area contributed by atoms with Crippen LogP contribution in [0.5, 0.6) is 0 Å². The van der Waals surface area contributed by atoms with Gasteiger partial charge in [0.2, 0.25) is 5.91 Å². The van der Waals surface area contributed by atoms with Crippen LogP contribution in [0.4, 0.5) is 5.69 Å². The second kappa shape index (κ2) is 7.92. The fourth-order valence-corrected chi connectivity index (χ4v) is 1.95. The summed E-state index contributed by atoms with van der Waals surface area (Å²) in [5, 5.41) is 2.90. The minimum Gasteiger partial charge on any atom is -0.326 e. The van der Waals surface area contributed by atoms with Gasteiger partial charge in [0.1, 0.15) is 0 Å². The summed E-state index contributed by atoms with van der Waals surface area (Å²) in [7, 11) is 1.97. The lowest BCUT2D eigenvalue weighted by Gasteiger charge is -2.19. The predicted molar refractivity (Wildman–Crippen MR) is 79.9 cm³/mol. The molecular formula is C15H25N3O. The van der Waals surface area contributed by atoms with Crippen molar-refractivity contribution in [2.75, 3.05) is 25.5 Å². The molecule has 0 spiro atoms. The van der Waals surface area contributed by atoms with E-state index in [1.165, 1.54) is 0 Å². The second-order valence-corrected chi connectivity index (χ2v) is 5.16. The first-order chi connectivity index (χ1) is 9.05. The van der Waals surface area contributed by atoms with E-state index >= 15 is 0 Å². The number of nitrogens with zero attached hydrogens (tertiary/aromatic N) is 1. The van der Waals surface area contributed by atoms with E-state index < -0.39 is 0 Å². The number of carbonyl (C=O) groups is 1. The fourth-order valence-electron chi connectivity index (χ4n) is 1.95. The first-order valence-corrected chi connectivity index (χ1v) is 6.82. The van der Waals surface area contributed by atoms with Gasteiger partial charge in [-0.2, -0.15) is 0 Å². The number of carbonyl (C=O) groups excluding carboxylic acids is 1. The highest BCUT2D eigenvalue weighted by Gasteiger charge is 2.09. The Balaban J connectivity index is 2.46. The van der Waals surface area contributed by atoms with Crippen LogP contribution in [-0.2, 0) is 11.3 Å². The zero-order chi connectivity index (χ0) is 14.3. The van der Waals surface area contributed by atoms with Crippen molar-refractivity contribution in [1.82, 2.24) is 4.90 Å². The van der Waals surface area contributed by atoms with E-state index in [-0.39, 0.29) is 5.91 Å². The number of likely N-dealkylation sites (N-methyl/N-ethyl adjacent to an activating group) is 1. The van der Waals surface area contributed by atoms with Crippen LogP contribution >= 0.6 is 0 Å². The highest BCUT2D eigenvalue weighted by atomic mass is 16.2. The van der Waals surface area contributed by atoms with Gasteiger partial charge in [0.25, 0.3) is 0 Å². The molecule has 0 saturated carbocycles. The third-order valence-electron chi connectivity index (χ3n) is 3.18. The Morgan fingerprint density at radius 3 is 2.84 bits per heavy atom. The molecule has 106 valence electrons. The van der Waals surface area contributed by atoms with E-state index in [1.807, 2.05) is 31.3 Å². The van der Waals surface area contributed by atoms with Crippen molar-refractivity contribution in [2.24, 2.45) is 11.7 Å². The second-order valence-electron chi connectivity index (χ2n) is 5.16. The van der Waals surface area contributed by atoms with Crippen LogP contribution < -0.4 is 11.1 Å². The van der Waals surface area contributed by atoms with Crippen molar-refractivity contribution >= 4 is 11.6 Å². The molecule has 1 rings (SSSR count). The van der Waals surface area contributed by atoms with Gasteiger partial charge in [-0.25, -0.2) is 0 Å². The molecule has 4 heteroatoms. The first kappa shape index (κ1) is 15.7. The van der Waals surface area contributed by atoms with Gasteiger partial charge >= 0.3 is 0 Å². The monoisotopic (exact) mass is 263 g/mol. The lowest BCUT2D eigenvalue weighted by molar-refractivity contribution is -0.117. The van der Waals surface area contributed by atoms with Gasteiger partial charge < -0.3 is 11.1 Å². The molecule has 0 bridgehead atoms. The molecule has 0 saturated heterocycles. The van der Waals surface area contributed by atoms with E-state index in [0.717, 1.165) is 24.2 Å². The van der Waals surface area contributed by atoms with E-state index in [4.69, 9.17) is 5.73 Å². The average molecular weight is 263 g/mol. The van der Waals surface area contributed by atoms with E-state index in [1.54, 1.807) is 0 Å². The summed E-state index contributed by atoms with van der Waals surface area (Å²) in [5.74, 6) is 0.623. The minimum atomic E-state index is 0.0139. The third-order valence-corrected chi connectivity index (χ3v) is 3.18. The number of anilines is 1. The topological polar surface area (TPSA) is 58.4 Å². The van der Waals surface area contributed by atoms with E-state index in [9.17, 15) is 4.79 Å². The summed E-state index contributed by atoms with van der Waals surface area (Å²) in [6.45, 7) is 6.19. The maximum atomic E-state index is 11.9. The van der Waals surface area contributed by atoms with Crippen LogP contribution in [0.15, 0.2) is 24.3 Å². The SMILES string of the molecule is CCC(C)CN(C)CC(=O)Nc1cccc(CN)c1. The highest BCUT2D eigenvalue weighted by Crippen LogP contribution is 2.10. The van der Waals surface area contributed by atoms with Crippen LogP contribution in [-0.4, -0.2) is 30.9 Å². The molecule has 1 unspecified atom stereocenters. The number of nitrogens with one attached hydrogen (secondary N) is 1. The number of benzene rings is 1. The van der Waals surface area contributed by atoms with Crippen molar-refractivity contribution in [3.8, 4) is 0 Å². The van der Waals surface area contributed by atoms with Gasteiger partial charge in [0.05, 0.1) is 6.54 Å². The quantitative estimate of drug-likeness (QED) is 0.791. The summed E-state index contributed by atoms with van der Waals surface area (Å²) in [5.41, 5.74) is 7.41. The summed E-state index contributed by atoms with van der Waals surface area (Å²) >= 11 is 0. The lowest BCUT2D eigenvalue weighted by atomic mass is 10.1. The molecule has 1 aromatic rings. The number of hydrogen-bond donors (Lipinski definition) is 2. The van der Waals surface area contributed by atoms with Gasteiger partial charge in [-0.15, -0.1) is 0 Å². The van der Waals surface area contributed by atoms with Gasteiger partial charge in [0, 0.05) is 18.8 Å². The lowest BCUT2D eigenvalue weighted by Crippen LogP contribution is -2.33. The van der Waals surface area contributed by atoms with Crippen LogP contribution in [0.1, 0.15) is 25.8 Å². The Bertz CT molecular complexity index is 406. The van der Waals surface area contributed by atoms with Gasteiger partial charge in [-0.05, 0) is 30.7 Å².